The summed E-state index contributed by atoms with van der Waals surface area (Å²) < 4.78 is 6.20. The van der Waals surface area contributed by atoms with Crippen molar-refractivity contribution in [3.63, 3.8) is 0 Å². The number of aromatic nitrogens is 2. The van der Waals surface area contributed by atoms with Crippen LogP contribution in [0.2, 0.25) is 0 Å². The molecule has 0 saturated heterocycles. The van der Waals surface area contributed by atoms with E-state index in [4.69, 9.17) is 4.74 Å². The molecule has 2 rings (SSSR count). The number of nitrogens with zero attached hydrogens (tertiary/aromatic N) is 1. The standard InChI is InChI=1S/C16H19N3O4S/c1-11-3-5-12(6-4-11)24-10-15(21)17-13-9-14(20)18-16(22)19(13)7-8-23-2/h3-6,9H,7-8,10H2,1-2H3,(H,17,21)(H,18,20,22). The second kappa shape index (κ2) is 8.51. The van der Waals surface area contributed by atoms with Crippen LogP contribution in [-0.4, -0.2) is 34.9 Å². The average molecular weight is 349 g/mol. The Labute approximate surface area is 143 Å². The minimum Gasteiger partial charge on any atom is -0.383 e. The highest BCUT2D eigenvalue weighted by molar-refractivity contribution is 8.00. The van der Waals surface area contributed by atoms with Crippen molar-refractivity contribution in [2.24, 2.45) is 0 Å². The Morgan fingerprint density at radius 2 is 2.00 bits per heavy atom. The molecule has 1 amide bonds. The van der Waals surface area contributed by atoms with E-state index in [-0.39, 0.29) is 30.6 Å². The van der Waals surface area contributed by atoms with Crippen molar-refractivity contribution in [2.75, 3.05) is 24.8 Å². The number of amides is 1. The van der Waals surface area contributed by atoms with Gasteiger partial charge in [0.1, 0.15) is 5.82 Å². The molecule has 128 valence electrons. The summed E-state index contributed by atoms with van der Waals surface area (Å²) in [6.07, 6.45) is 0. The number of hydrogen-bond donors (Lipinski definition) is 2. The molecular weight excluding hydrogens is 330 g/mol. The van der Waals surface area contributed by atoms with Crippen molar-refractivity contribution in [3.8, 4) is 0 Å². The van der Waals surface area contributed by atoms with Crippen molar-refractivity contribution >= 4 is 23.5 Å². The number of H-pyrrole nitrogens is 1. The molecule has 0 aliphatic rings. The number of aryl methyl sites for hydroxylation is 1. The lowest BCUT2D eigenvalue weighted by molar-refractivity contribution is -0.113. The lowest BCUT2D eigenvalue weighted by atomic mass is 10.2. The molecule has 8 heteroatoms. The van der Waals surface area contributed by atoms with E-state index in [1.807, 2.05) is 31.2 Å². The molecule has 0 bridgehead atoms. The average Bonchev–Trinajstić information content (AvgIpc) is 2.53. The fourth-order valence-electron chi connectivity index (χ4n) is 1.99. The Balaban J connectivity index is 2.06. The van der Waals surface area contributed by atoms with Crippen LogP contribution in [0.25, 0.3) is 0 Å². The van der Waals surface area contributed by atoms with Gasteiger partial charge in [-0.25, -0.2) is 4.79 Å². The van der Waals surface area contributed by atoms with Crippen LogP contribution in [-0.2, 0) is 16.1 Å². The number of anilines is 1. The lowest BCUT2D eigenvalue weighted by Gasteiger charge is -2.12. The Bertz CT molecular complexity index is 811. The first kappa shape index (κ1) is 18.0. The maximum atomic E-state index is 12.1. The minimum absolute atomic E-state index is 0.162. The molecule has 0 atom stereocenters. The third-order valence-electron chi connectivity index (χ3n) is 3.21. The second-order valence-corrected chi connectivity index (χ2v) is 6.17. The van der Waals surface area contributed by atoms with Crippen LogP contribution in [0.3, 0.4) is 0 Å². The van der Waals surface area contributed by atoms with Gasteiger partial charge in [-0.2, -0.15) is 0 Å². The van der Waals surface area contributed by atoms with E-state index in [9.17, 15) is 14.4 Å². The first-order valence-electron chi connectivity index (χ1n) is 7.32. The van der Waals surface area contributed by atoms with Crippen LogP contribution in [0.1, 0.15) is 5.56 Å². The summed E-state index contributed by atoms with van der Waals surface area (Å²) in [5.74, 6) is 0.0426. The van der Waals surface area contributed by atoms with E-state index in [0.29, 0.717) is 0 Å². The van der Waals surface area contributed by atoms with Crippen molar-refractivity contribution < 1.29 is 9.53 Å². The summed E-state index contributed by atoms with van der Waals surface area (Å²) >= 11 is 1.38. The third-order valence-corrected chi connectivity index (χ3v) is 4.22. The fourth-order valence-corrected chi connectivity index (χ4v) is 2.69. The van der Waals surface area contributed by atoms with Gasteiger partial charge in [0.2, 0.25) is 5.91 Å². The van der Waals surface area contributed by atoms with E-state index in [0.717, 1.165) is 10.5 Å². The zero-order valence-corrected chi connectivity index (χ0v) is 14.3. The highest BCUT2D eigenvalue weighted by Crippen LogP contribution is 2.18. The van der Waals surface area contributed by atoms with Gasteiger partial charge in [-0.15, -0.1) is 11.8 Å². The highest BCUT2D eigenvalue weighted by atomic mass is 32.2. The fraction of sp³-hybridized carbons (Fsp3) is 0.312. The summed E-state index contributed by atoms with van der Waals surface area (Å²) in [5, 5.41) is 2.61. The monoisotopic (exact) mass is 349 g/mol. The van der Waals surface area contributed by atoms with E-state index < -0.39 is 11.2 Å². The SMILES string of the molecule is COCCn1c(NC(=O)CSc2ccc(C)cc2)cc(=O)[nH]c1=O. The number of hydrogen-bond acceptors (Lipinski definition) is 5. The number of thioether (sulfide) groups is 1. The number of nitrogens with one attached hydrogen (secondary N) is 2. The molecule has 1 heterocycles. The molecule has 0 aliphatic carbocycles. The van der Waals surface area contributed by atoms with Gasteiger partial charge >= 0.3 is 5.69 Å². The number of methoxy groups -OCH3 is 1. The molecule has 0 spiro atoms. The number of rotatable bonds is 7. The van der Waals surface area contributed by atoms with Gasteiger partial charge in [0.05, 0.1) is 18.9 Å². The zero-order valence-electron chi connectivity index (χ0n) is 13.5. The highest BCUT2D eigenvalue weighted by Gasteiger charge is 2.10. The number of aromatic amines is 1. The molecule has 1 aromatic heterocycles. The summed E-state index contributed by atoms with van der Waals surface area (Å²) in [6, 6.07) is 9.01. The molecule has 0 fully saturated rings. The van der Waals surface area contributed by atoms with E-state index >= 15 is 0 Å². The van der Waals surface area contributed by atoms with Gasteiger partial charge in [0, 0.05) is 18.1 Å². The molecule has 7 nitrogen and oxygen atoms in total. The molecule has 24 heavy (non-hydrogen) atoms. The van der Waals surface area contributed by atoms with E-state index in [1.54, 1.807) is 0 Å². The molecule has 0 saturated carbocycles. The Morgan fingerprint density at radius 1 is 1.29 bits per heavy atom. The number of carbonyl (C=O) groups is 1. The van der Waals surface area contributed by atoms with Crippen LogP contribution in [0.15, 0.2) is 44.8 Å². The largest absolute Gasteiger partial charge is 0.383 e. The maximum Gasteiger partial charge on any atom is 0.329 e. The second-order valence-electron chi connectivity index (χ2n) is 5.12. The molecular formula is C16H19N3O4S. The van der Waals surface area contributed by atoms with Gasteiger partial charge in [0.15, 0.2) is 0 Å². The van der Waals surface area contributed by atoms with Crippen LogP contribution in [0.5, 0.6) is 0 Å². The van der Waals surface area contributed by atoms with Crippen molar-refractivity contribution in [3.05, 3.63) is 56.7 Å². The molecule has 2 aromatic rings. The molecule has 1 aromatic carbocycles. The molecule has 0 aliphatic heterocycles. The number of ether oxygens (including phenoxy) is 1. The number of benzene rings is 1. The van der Waals surface area contributed by atoms with Crippen molar-refractivity contribution in [1.82, 2.24) is 9.55 Å². The van der Waals surface area contributed by atoms with Crippen LogP contribution < -0.4 is 16.6 Å². The summed E-state index contributed by atoms with van der Waals surface area (Å²) in [6.45, 7) is 2.51. The van der Waals surface area contributed by atoms with Crippen molar-refractivity contribution in [2.45, 2.75) is 18.4 Å². The minimum atomic E-state index is -0.582. The summed E-state index contributed by atoms with van der Waals surface area (Å²) in [4.78, 5) is 38.6. The summed E-state index contributed by atoms with van der Waals surface area (Å²) in [7, 11) is 1.51. The predicted octanol–water partition coefficient (Wildman–Crippen LogP) is 1.22. The van der Waals surface area contributed by atoms with E-state index in [2.05, 4.69) is 10.3 Å². The quantitative estimate of drug-likeness (QED) is 0.733. The summed E-state index contributed by atoms with van der Waals surface area (Å²) in [5.41, 5.74) is 0.00524. The van der Waals surface area contributed by atoms with E-state index in [1.165, 1.54) is 29.5 Å². The number of carbonyl (C=O) groups excluding carboxylic acids is 1. The topological polar surface area (TPSA) is 93.2 Å². The smallest absolute Gasteiger partial charge is 0.329 e. The first-order chi connectivity index (χ1) is 11.5. The Kier molecular flexibility index (Phi) is 6.39. The zero-order chi connectivity index (χ0) is 17.5. The van der Waals surface area contributed by atoms with Gasteiger partial charge < -0.3 is 10.1 Å². The van der Waals surface area contributed by atoms with Gasteiger partial charge in [0.25, 0.3) is 5.56 Å². The van der Waals surface area contributed by atoms with Crippen LogP contribution in [0, 0.1) is 6.92 Å². The first-order valence-corrected chi connectivity index (χ1v) is 8.30. The third kappa shape index (κ3) is 5.10. The predicted molar refractivity (Wildman–Crippen MR) is 93.7 cm³/mol. The van der Waals surface area contributed by atoms with Gasteiger partial charge in [-0.3, -0.25) is 19.1 Å². The van der Waals surface area contributed by atoms with Gasteiger partial charge in [-0.1, -0.05) is 17.7 Å². The lowest BCUT2D eigenvalue weighted by Crippen LogP contribution is -2.34. The molecule has 0 unspecified atom stereocenters. The van der Waals surface area contributed by atoms with Crippen molar-refractivity contribution in [1.29, 1.82) is 0 Å². The Morgan fingerprint density at radius 3 is 2.67 bits per heavy atom. The van der Waals surface area contributed by atoms with Crippen LogP contribution in [0.4, 0.5) is 5.82 Å². The van der Waals surface area contributed by atoms with Crippen LogP contribution >= 0.6 is 11.8 Å². The Hall–Kier alpha value is -2.32. The molecule has 0 radical (unpaired) electrons. The maximum absolute atomic E-state index is 12.1. The molecule has 2 N–H and O–H groups in total. The van der Waals surface area contributed by atoms with Gasteiger partial charge in [-0.05, 0) is 19.1 Å². The normalized spacial score (nSPS) is 10.6.